The molecule has 0 radical (unpaired) electrons. The highest BCUT2D eigenvalue weighted by Crippen LogP contribution is 2.29. The van der Waals surface area contributed by atoms with Crippen molar-refractivity contribution < 1.29 is 0 Å². The van der Waals surface area contributed by atoms with Gasteiger partial charge in [-0.3, -0.25) is 4.98 Å². The van der Waals surface area contributed by atoms with Crippen LogP contribution in [0.3, 0.4) is 0 Å². The molecule has 0 amide bonds. The lowest BCUT2D eigenvalue weighted by Gasteiger charge is -2.15. The fraction of sp³-hybridized carbons (Fsp3) is 0.462. The quantitative estimate of drug-likeness (QED) is 0.768. The van der Waals surface area contributed by atoms with E-state index in [2.05, 4.69) is 33.6 Å². The largest absolute Gasteiger partial charge is 0.369 e. The van der Waals surface area contributed by atoms with Crippen LogP contribution in [0.15, 0.2) is 24.5 Å². The van der Waals surface area contributed by atoms with Gasteiger partial charge >= 0.3 is 0 Å². The van der Waals surface area contributed by atoms with E-state index in [1.165, 1.54) is 37.1 Å². The Morgan fingerprint density at radius 1 is 1.31 bits per heavy atom. The first-order valence-electron chi connectivity index (χ1n) is 6.09. The summed E-state index contributed by atoms with van der Waals surface area (Å²) >= 11 is 0. The summed E-state index contributed by atoms with van der Waals surface area (Å²) in [6, 6.07) is 4.17. The summed E-state index contributed by atoms with van der Waals surface area (Å²) in [7, 11) is 0. The van der Waals surface area contributed by atoms with Gasteiger partial charge in [-0.15, -0.1) is 0 Å². The molecule has 84 valence electrons. The van der Waals surface area contributed by atoms with Crippen molar-refractivity contribution in [3.63, 3.8) is 0 Å². The minimum absolute atomic E-state index is 1.01. The van der Waals surface area contributed by atoms with Crippen LogP contribution < -0.4 is 4.90 Å². The minimum Gasteiger partial charge on any atom is -0.369 e. The normalized spacial score (nSPS) is 16.2. The fourth-order valence-corrected chi connectivity index (χ4v) is 2.56. The van der Waals surface area contributed by atoms with E-state index in [0.717, 1.165) is 12.1 Å². The molecule has 1 fully saturated rings. The van der Waals surface area contributed by atoms with Crippen LogP contribution in [0, 0.1) is 0 Å². The van der Waals surface area contributed by atoms with Gasteiger partial charge in [-0.25, -0.2) is 0 Å². The highest BCUT2D eigenvalue weighted by Gasteiger charge is 2.18. The van der Waals surface area contributed by atoms with E-state index in [1.54, 1.807) is 0 Å². The molecule has 1 aliphatic rings. The maximum absolute atomic E-state index is 4.53. The zero-order chi connectivity index (χ0) is 11.0. The molecular formula is C13H17N3. The Bertz CT molecular complexity index is 495. The first kappa shape index (κ1) is 9.70. The predicted molar refractivity (Wildman–Crippen MR) is 66.9 cm³/mol. The Labute approximate surface area is 95.7 Å². The second-order valence-corrected chi connectivity index (χ2v) is 4.37. The molecule has 16 heavy (non-hydrogen) atoms. The second kappa shape index (κ2) is 3.81. The lowest BCUT2D eigenvalue weighted by molar-refractivity contribution is 0.794. The first-order valence-corrected chi connectivity index (χ1v) is 6.09. The third-order valence-corrected chi connectivity index (χ3v) is 3.40. The SMILES string of the molecule is CCn1cc(N2CCCC2)c2ncccc21. The molecule has 0 atom stereocenters. The van der Waals surface area contributed by atoms with Crippen LogP contribution in [-0.2, 0) is 6.54 Å². The van der Waals surface area contributed by atoms with E-state index in [4.69, 9.17) is 0 Å². The summed E-state index contributed by atoms with van der Waals surface area (Å²) in [5.74, 6) is 0. The first-order chi connectivity index (χ1) is 7.90. The topological polar surface area (TPSA) is 21.1 Å². The Morgan fingerprint density at radius 3 is 2.88 bits per heavy atom. The van der Waals surface area contributed by atoms with E-state index >= 15 is 0 Å². The Morgan fingerprint density at radius 2 is 2.12 bits per heavy atom. The fourth-order valence-electron chi connectivity index (χ4n) is 2.56. The summed E-state index contributed by atoms with van der Waals surface area (Å²) in [6.07, 6.45) is 6.77. The molecule has 1 saturated heterocycles. The lowest BCUT2D eigenvalue weighted by atomic mass is 10.3. The van der Waals surface area contributed by atoms with Gasteiger partial charge in [0.1, 0.15) is 5.52 Å². The van der Waals surface area contributed by atoms with Gasteiger partial charge in [0.2, 0.25) is 0 Å². The van der Waals surface area contributed by atoms with E-state index in [9.17, 15) is 0 Å². The van der Waals surface area contributed by atoms with Gasteiger partial charge in [0.05, 0.1) is 11.2 Å². The molecule has 0 saturated carbocycles. The van der Waals surface area contributed by atoms with Crippen molar-refractivity contribution in [2.75, 3.05) is 18.0 Å². The van der Waals surface area contributed by atoms with Crippen molar-refractivity contribution in [1.29, 1.82) is 0 Å². The lowest BCUT2D eigenvalue weighted by Crippen LogP contribution is -2.17. The summed E-state index contributed by atoms with van der Waals surface area (Å²) in [5, 5.41) is 0. The molecular weight excluding hydrogens is 198 g/mol. The molecule has 2 aromatic heterocycles. The van der Waals surface area contributed by atoms with Crippen molar-refractivity contribution in [3.8, 4) is 0 Å². The summed E-state index contributed by atoms with van der Waals surface area (Å²) < 4.78 is 2.29. The van der Waals surface area contributed by atoms with E-state index < -0.39 is 0 Å². The van der Waals surface area contributed by atoms with Crippen LogP contribution in [-0.4, -0.2) is 22.6 Å². The molecule has 0 unspecified atom stereocenters. The molecule has 1 aliphatic heterocycles. The second-order valence-electron chi connectivity index (χ2n) is 4.37. The standard InChI is InChI=1S/C13H17N3/c1-2-15-10-12(16-8-3-4-9-16)13-11(15)6-5-7-14-13/h5-7,10H,2-4,8-9H2,1H3. The Hall–Kier alpha value is -1.51. The monoisotopic (exact) mass is 215 g/mol. The minimum atomic E-state index is 1.01. The third kappa shape index (κ3) is 1.39. The number of hydrogen-bond donors (Lipinski definition) is 0. The summed E-state index contributed by atoms with van der Waals surface area (Å²) in [6.45, 7) is 5.55. The summed E-state index contributed by atoms with van der Waals surface area (Å²) in [4.78, 5) is 6.99. The van der Waals surface area contributed by atoms with Gasteiger partial charge in [0, 0.05) is 32.0 Å². The van der Waals surface area contributed by atoms with Gasteiger partial charge in [-0.2, -0.15) is 0 Å². The number of anilines is 1. The molecule has 0 spiro atoms. The molecule has 0 aliphatic carbocycles. The number of aryl methyl sites for hydroxylation is 1. The number of nitrogens with zero attached hydrogens (tertiary/aromatic N) is 3. The Kier molecular flexibility index (Phi) is 2.31. The van der Waals surface area contributed by atoms with Gasteiger partial charge in [0.15, 0.2) is 0 Å². The average molecular weight is 215 g/mol. The molecule has 0 N–H and O–H groups in total. The van der Waals surface area contributed by atoms with E-state index in [1.807, 2.05) is 12.3 Å². The van der Waals surface area contributed by atoms with E-state index in [0.29, 0.717) is 0 Å². The zero-order valence-corrected chi connectivity index (χ0v) is 9.69. The van der Waals surface area contributed by atoms with Gasteiger partial charge in [0.25, 0.3) is 0 Å². The van der Waals surface area contributed by atoms with Crippen LogP contribution in [0.5, 0.6) is 0 Å². The molecule has 0 aromatic carbocycles. The third-order valence-electron chi connectivity index (χ3n) is 3.40. The molecule has 3 heteroatoms. The van der Waals surface area contributed by atoms with Crippen LogP contribution in [0.4, 0.5) is 5.69 Å². The zero-order valence-electron chi connectivity index (χ0n) is 9.69. The van der Waals surface area contributed by atoms with Crippen LogP contribution >= 0.6 is 0 Å². The number of aromatic nitrogens is 2. The van der Waals surface area contributed by atoms with Crippen molar-refractivity contribution >= 4 is 16.7 Å². The number of pyridine rings is 1. The number of rotatable bonds is 2. The van der Waals surface area contributed by atoms with Crippen molar-refractivity contribution in [2.45, 2.75) is 26.3 Å². The summed E-state index contributed by atoms with van der Waals surface area (Å²) in [5.41, 5.74) is 3.73. The smallest absolute Gasteiger partial charge is 0.111 e. The van der Waals surface area contributed by atoms with E-state index in [-0.39, 0.29) is 0 Å². The molecule has 2 aromatic rings. The number of fused-ring (bicyclic) bond motifs is 1. The van der Waals surface area contributed by atoms with Crippen LogP contribution in [0.1, 0.15) is 19.8 Å². The maximum Gasteiger partial charge on any atom is 0.111 e. The molecule has 3 nitrogen and oxygen atoms in total. The average Bonchev–Trinajstić information content (AvgIpc) is 2.95. The Balaban J connectivity index is 2.16. The highest BCUT2D eigenvalue weighted by molar-refractivity contribution is 5.89. The van der Waals surface area contributed by atoms with Gasteiger partial charge in [-0.05, 0) is 31.9 Å². The van der Waals surface area contributed by atoms with Crippen molar-refractivity contribution in [3.05, 3.63) is 24.5 Å². The van der Waals surface area contributed by atoms with Crippen molar-refractivity contribution in [2.24, 2.45) is 0 Å². The van der Waals surface area contributed by atoms with Gasteiger partial charge < -0.3 is 9.47 Å². The van der Waals surface area contributed by atoms with Gasteiger partial charge in [-0.1, -0.05) is 0 Å². The molecule has 0 bridgehead atoms. The van der Waals surface area contributed by atoms with Crippen molar-refractivity contribution in [1.82, 2.24) is 9.55 Å². The molecule has 3 rings (SSSR count). The maximum atomic E-state index is 4.53. The van der Waals surface area contributed by atoms with Crippen LogP contribution in [0.2, 0.25) is 0 Å². The predicted octanol–water partition coefficient (Wildman–Crippen LogP) is 2.66. The number of hydrogen-bond acceptors (Lipinski definition) is 2. The molecule has 3 heterocycles. The highest BCUT2D eigenvalue weighted by atomic mass is 15.2. The van der Waals surface area contributed by atoms with Crippen LogP contribution in [0.25, 0.3) is 11.0 Å².